The molecular formula is C23H31ClN4O2+2. The van der Waals surface area contributed by atoms with E-state index in [0.717, 1.165) is 31.7 Å². The van der Waals surface area contributed by atoms with Crippen molar-refractivity contribution < 1.29 is 19.4 Å². The molecular weight excluding hydrogens is 400 g/mol. The molecule has 3 rings (SSSR count). The quantitative estimate of drug-likeness (QED) is 0.511. The Morgan fingerprint density at radius 2 is 1.67 bits per heavy atom. The third-order valence-electron chi connectivity index (χ3n) is 5.82. The Morgan fingerprint density at radius 1 is 1.00 bits per heavy atom. The fourth-order valence-corrected chi connectivity index (χ4v) is 3.96. The zero-order valence-corrected chi connectivity index (χ0v) is 18.6. The average molecular weight is 431 g/mol. The highest BCUT2D eigenvalue weighted by atomic mass is 35.5. The summed E-state index contributed by atoms with van der Waals surface area (Å²) in [7, 11) is 2.21. The summed E-state index contributed by atoms with van der Waals surface area (Å²) in [5.74, 6) is -1.32. The molecule has 1 saturated heterocycles. The summed E-state index contributed by atoms with van der Waals surface area (Å²) in [6, 6.07) is 13.7. The van der Waals surface area contributed by atoms with E-state index in [1.165, 1.54) is 20.9 Å². The van der Waals surface area contributed by atoms with Gasteiger partial charge in [0.05, 0.1) is 13.6 Å². The van der Waals surface area contributed by atoms with E-state index >= 15 is 0 Å². The van der Waals surface area contributed by atoms with E-state index in [4.69, 9.17) is 11.6 Å². The lowest BCUT2D eigenvalue weighted by Gasteiger charge is -2.33. The number of halogens is 1. The first kappa shape index (κ1) is 22.3. The van der Waals surface area contributed by atoms with E-state index in [1.54, 1.807) is 12.1 Å². The second-order valence-corrected chi connectivity index (χ2v) is 8.61. The number of carbonyl (C=O) groups is 2. The zero-order chi connectivity index (χ0) is 21.7. The van der Waals surface area contributed by atoms with Crippen LogP contribution in [0.2, 0.25) is 5.02 Å². The number of quaternary nitrogens is 2. The van der Waals surface area contributed by atoms with Gasteiger partial charge in [-0.05, 0) is 31.5 Å². The van der Waals surface area contributed by atoms with Gasteiger partial charge in [0.2, 0.25) is 0 Å². The molecule has 0 aromatic heterocycles. The highest BCUT2D eigenvalue weighted by Crippen LogP contribution is 2.19. The summed E-state index contributed by atoms with van der Waals surface area (Å²) in [5, 5.41) is 6.01. The average Bonchev–Trinajstić information content (AvgIpc) is 2.73. The predicted octanol–water partition coefficient (Wildman–Crippen LogP) is 0.166. The third kappa shape index (κ3) is 5.81. The molecule has 4 N–H and O–H groups in total. The molecule has 2 aromatic rings. The van der Waals surface area contributed by atoms with Gasteiger partial charge >= 0.3 is 11.8 Å². The van der Waals surface area contributed by atoms with Gasteiger partial charge in [-0.2, -0.15) is 0 Å². The number of carbonyl (C=O) groups excluding carboxylic acids is 2. The van der Waals surface area contributed by atoms with Crippen molar-refractivity contribution in [1.29, 1.82) is 0 Å². The van der Waals surface area contributed by atoms with Crippen LogP contribution >= 0.6 is 11.6 Å². The summed E-state index contributed by atoms with van der Waals surface area (Å²) in [5.41, 5.74) is 3.81. The first-order valence-corrected chi connectivity index (χ1v) is 10.8. The molecule has 1 aliphatic heterocycles. The molecule has 0 radical (unpaired) electrons. The van der Waals surface area contributed by atoms with Crippen molar-refractivity contribution in [3.05, 3.63) is 64.2 Å². The Hall–Kier alpha value is -2.41. The monoisotopic (exact) mass is 430 g/mol. The minimum absolute atomic E-state index is 0.115. The Morgan fingerprint density at radius 3 is 2.30 bits per heavy atom. The van der Waals surface area contributed by atoms with Gasteiger partial charge in [-0.15, -0.1) is 0 Å². The number of nitrogens with one attached hydrogen (secondary N) is 4. The standard InChI is InChI=1S/C23H29ClN4O2/c1-16-4-7-18(8-5-16)21(28-12-10-27(3)11-13-28)15-25-22(29)23(30)26-19-9-6-17(2)20(24)14-19/h4-9,14,21H,10-13,15H2,1-3H3,(H,25,29)(H,26,30)/p+2/t21-/m1/s1. The molecule has 1 fully saturated rings. The lowest BCUT2D eigenvalue weighted by molar-refractivity contribution is -1.02. The van der Waals surface area contributed by atoms with Crippen molar-refractivity contribution in [1.82, 2.24) is 5.32 Å². The van der Waals surface area contributed by atoms with Gasteiger partial charge in [-0.25, -0.2) is 0 Å². The minimum Gasteiger partial charge on any atom is -0.341 e. The van der Waals surface area contributed by atoms with Crippen LogP contribution in [0.15, 0.2) is 42.5 Å². The van der Waals surface area contributed by atoms with Crippen LogP contribution in [0.4, 0.5) is 5.69 Å². The Labute approximate surface area is 183 Å². The third-order valence-corrected chi connectivity index (χ3v) is 6.23. The van der Waals surface area contributed by atoms with Crippen molar-refractivity contribution >= 4 is 29.1 Å². The smallest absolute Gasteiger partial charge is 0.313 e. The van der Waals surface area contributed by atoms with E-state index in [2.05, 4.69) is 48.9 Å². The summed E-state index contributed by atoms with van der Waals surface area (Å²) < 4.78 is 0. The molecule has 0 spiro atoms. The van der Waals surface area contributed by atoms with Gasteiger partial charge in [-0.1, -0.05) is 47.5 Å². The van der Waals surface area contributed by atoms with Gasteiger partial charge in [0, 0.05) is 16.3 Å². The first-order valence-electron chi connectivity index (χ1n) is 10.4. The van der Waals surface area contributed by atoms with Crippen molar-refractivity contribution in [2.24, 2.45) is 0 Å². The van der Waals surface area contributed by atoms with Crippen LogP contribution in [0.1, 0.15) is 22.7 Å². The Balaban J connectivity index is 1.65. The fraction of sp³-hybridized carbons (Fsp3) is 0.391. The maximum absolute atomic E-state index is 12.5. The van der Waals surface area contributed by atoms with E-state index in [9.17, 15) is 9.59 Å². The lowest BCUT2D eigenvalue weighted by atomic mass is 10.0. The second kappa shape index (κ2) is 10.1. The second-order valence-electron chi connectivity index (χ2n) is 8.21. The van der Waals surface area contributed by atoms with Gasteiger partial charge in [0.15, 0.2) is 0 Å². The number of rotatable bonds is 5. The molecule has 160 valence electrons. The van der Waals surface area contributed by atoms with Gasteiger partial charge in [0.25, 0.3) is 0 Å². The molecule has 1 aliphatic rings. The predicted molar refractivity (Wildman–Crippen MR) is 119 cm³/mol. The Bertz CT molecular complexity index is 893. The molecule has 2 aromatic carbocycles. The molecule has 2 amide bonds. The largest absolute Gasteiger partial charge is 0.341 e. The van der Waals surface area contributed by atoms with Crippen molar-refractivity contribution in [2.75, 3.05) is 45.1 Å². The zero-order valence-electron chi connectivity index (χ0n) is 17.8. The maximum atomic E-state index is 12.5. The first-order chi connectivity index (χ1) is 14.3. The Kier molecular flexibility index (Phi) is 7.48. The van der Waals surface area contributed by atoms with Crippen molar-refractivity contribution in [2.45, 2.75) is 19.9 Å². The van der Waals surface area contributed by atoms with Gasteiger partial charge < -0.3 is 20.4 Å². The van der Waals surface area contributed by atoms with Crippen LogP contribution in [0, 0.1) is 13.8 Å². The van der Waals surface area contributed by atoms with E-state index in [0.29, 0.717) is 17.3 Å². The summed E-state index contributed by atoms with van der Waals surface area (Å²) in [6.45, 7) is 8.63. The fourth-order valence-electron chi connectivity index (χ4n) is 3.78. The van der Waals surface area contributed by atoms with Crippen LogP contribution in [0.5, 0.6) is 0 Å². The topological polar surface area (TPSA) is 67.1 Å². The molecule has 0 bridgehead atoms. The van der Waals surface area contributed by atoms with Crippen LogP contribution in [0.3, 0.4) is 0 Å². The van der Waals surface area contributed by atoms with Crippen LogP contribution in [-0.2, 0) is 9.59 Å². The van der Waals surface area contributed by atoms with Crippen LogP contribution < -0.4 is 20.4 Å². The van der Waals surface area contributed by atoms with Crippen LogP contribution in [0.25, 0.3) is 0 Å². The molecule has 7 heteroatoms. The summed E-state index contributed by atoms with van der Waals surface area (Å²) in [4.78, 5) is 27.8. The molecule has 6 nitrogen and oxygen atoms in total. The molecule has 0 saturated carbocycles. The highest BCUT2D eigenvalue weighted by molar-refractivity contribution is 6.39. The van der Waals surface area contributed by atoms with E-state index < -0.39 is 11.8 Å². The van der Waals surface area contributed by atoms with Crippen molar-refractivity contribution in [3.63, 3.8) is 0 Å². The number of aryl methyl sites for hydroxylation is 2. The van der Waals surface area contributed by atoms with E-state index in [1.807, 2.05) is 13.0 Å². The number of anilines is 1. The van der Waals surface area contributed by atoms with E-state index in [-0.39, 0.29) is 6.04 Å². The molecule has 1 atom stereocenters. The number of amides is 2. The summed E-state index contributed by atoms with van der Waals surface area (Å²) >= 11 is 6.10. The number of piperazine rings is 1. The molecule has 30 heavy (non-hydrogen) atoms. The molecule has 1 heterocycles. The minimum atomic E-state index is -0.685. The van der Waals surface area contributed by atoms with Crippen molar-refractivity contribution in [3.8, 4) is 0 Å². The molecule has 0 aliphatic carbocycles. The maximum Gasteiger partial charge on any atom is 0.313 e. The number of benzene rings is 2. The number of likely N-dealkylation sites (N-methyl/N-ethyl adjacent to an activating group) is 1. The van der Waals surface area contributed by atoms with Gasteiger partial charge in [-0.3, -0.25) is 9.59 Å². The SMILES string of the molecule is Cc1ccc([C@@H](CNC(=O)C(=O)Nc2ccc(C)c(Cl)c2)[NH+]2CC[NH+](C)CC2)cc1. The van der Waals surface area contributed by atoms with Crippen LogP contribution in [-0.4, -0.2) is 51.6 Å². The lowest BCUT2D eigenvalue weighted by Crippen LogP contribution is -3.27. The highest BCUT2D eigenvalue weighted by Gasteiger charge is 2.30. The summed E-state index contributed by atoms with van der Waals surface area (Å²) in [6.07, 6.45) is 0. The number of hydrogen-bond donors (Lipinski definition) is 4. The normalized spacial score (nSPS) is 19.7. The van der Waals surface area contributed by atoms with Gasteiger partial charge in [0.1, 0.15) is 32.2 Å². The number of hydrogen-bond acceptors (Lipinski definition) is 2. The molecule has 0 unspecified atom stereocenters.